The van der Waals surface area contributed by atoms with Gasteiger partial charge in [0.1, 0.15) is 5.60 Å². The van der Waals surface area contributed by atoms with Gasteiger partial charge in [-0.25, -0.2) is 4.79 Å². The van der Waals surface area contributed by atoms with E-state index in [9.17, 15) is 14.9 Å². The third-order valence-electron chi connectivity index (χ3n) is 2.83. The molecule has 2 N–H and O–H groups in total. The highest BCUT2D eigenvalue weighted by Gasteiger charge is 2.15. The molecular formula is C15H18N4O4. The molecule has 0 fully saturated rings. The van der Waals surface area contributed by atoms with Crippen molar-refractivity contribution in [2.45, 2.75) is 26.4 Å². The quantitative estimate of drug-likeness (QED) is 0.665. The molecule has 1 aromatic carbocycles. The number of carbonyl (C=O) groups excluding carboxylic acids is 1. The summed E-state index contributed by atoms with van der Waals surface area (Å²) in [5, 5.41) is 20.9. The van der Waals surface area contributed by atoms with Crippen LogP contribution in [-0.4, -0.2) is 33.4 Å². The Morgan fingerprint density at radius 3 is 2.87 bits per heavy atom. The first-order valence-corrected chi connectivity index (χ1v) is 7.02. The molecule has 1 aromatic heterocycles. The zero-order valence-electron chi connectivity index (χ0n) is 13.1. The van der Waals surface area contributed by atoms with Gasteiger partial charge < -0.3 is 10.1 Å². The minimum absolute atomic E-state index is 0.000398. The van der Waals surface area contributed by atoms with Gasteiger partial charge in [0.05, 0.1) is 16.1 Å². The molecule has 0 spiro atoms. The van der Waals surface area contributed by atoms with Gasteiger partial charge in [-0.15, -0.1) is 0 Å². The summed E-state index contributed by atoms with van der Waals surface area (Å²) < 4.78 is 5.11. The number of benzene rings is 1. The van der Waals surface area contributed by atoms with Crippen LogP contribution in [0.15, 0.2) is 24.3 Å². The van der Waals surface area contributed by atoms with Crippen LogP contribution in [0.25, 0.3) is 17.0 Å². The first kappa shape index (κ1) is 16.5. The third kappa shape index (κ3) is 4.53. The topological polar surface area (TPSA) is 110 Å². The monoisotopic (exact) mass is 318 g/mol. The van der Waals surface area contributed by atoms with Gasteiger partial charge in [0.2, 0.25) is 0 Å². The van der Waals surface area contributed by atoms with Gasteiger partial charge in [0.15, 0.2) is 0 Å². The van der Waals surface area contributed by atoms with Crippen LogP contribution in [0.3, 0.4) is 0 Å². The fourth-order valence-electron chi connectivity index (χ4n) is 1.89. The number of nitrogens with zero attached hydrogens (tertiary/aromatic N) is 2. The van der Waals surface area contributed by atoms with Crippen LogP contribution in [0.4, 0.5) is 10.5 Å². The van der Waals surface area contributed by atoms with Crippen molar-refractivity contribution in [1.82, 2.24) is 15.5 Å². The fraction of sp³-hybridized carbons (Fsp3) is 0.333. The van der Waals surface area contributed by atoms with Crippen molar-refractivity contribution in [2.24, 2.45) is 0 Å². The second-order valence-electron chi connectivity index (χ2n) is 5.88. The molecule has 0 saturated carbocycles. The number of rotatable bonds is 4. The number of ether oxygens (including phenoxy) is 1. The number of fused-ring (bicyclic) bond motifs is 1. The number of amides is 1. The lowest BCUT2D eigenvalue weighted by Crippen LogP contribution is -2.32. The van der Waals surface area contributed by atoms with Gasteiger partial charge in [-0.1, -0.05) is 6.08 Å². The summed E-state index contributed by atoms with van der Waals surface area (Å²) in [5.41, 5.74) is 0.720. The van der Waals surface area contributed by atoms with E-state index in [0.717, 1.165) is 0 Å². The number of hydrogen-bond acceptors (Lipinski definition) is 5. The lowest BCUT2D eigenvalue weighted by atomic mass is 10.2. The van der Waals surface area contributed by atoms with Crippen molar-refractivity contribution in [1.29, 1.82) is 0 Å². The summed E-state index contributed by atoms with van der Waals surface area (Å²) in [4.78, 5) is 21.9. The Kier molecular flexibility index (Phi) is 4.63. The van der Waals surface area contributed by atoms with Gasteiger partial charge in [-0.3, -0.25) is 15.2 Å². The molecule has 8 heteroatoms. The second kappa shape index (κ2) is 6.47. The molecular weight excluding hydrogens is 300 g/mol. The molecule has 2 aromatic rings. The number of H-pyrrole nitrogens is 1. The van der Waals surface area contributed by atoms with Crippen LogP contribution in [0.1, 0.15) is 26.5 Å². The van der Waals surface area contributed by atoms with E-state index in [2.05, 4.69) is 15.5 Å². The summed E-state index contributed by atoms with van der Waals surface area (Å²) in [6.07, 6.45) is 2.90. The lowest BCUT2D eigenvalue weighted by Gasteiger charge is -2.19. The molecule has 23 heavy (non-hydrogen) atoms. The van der Waals surface area contributed by atoms with Gasteiger partial charge in [-0.05, 0) is 32.9 Å². The largest absolute Gasteiger partial charge is 0.444 e. The van der Waals surface area contributed by atoms with Crippen LogP contribution in [0, 0.1) is 10.1 Å². The van der Waals surface area contributed by atoms with Crippen LogP contribution < -0.4 is 5.32 Å². The normalized spacial score (nSPS) is 11.8. The van der Waals surface area contributed by atoms with Gasteiger partial charge in [0, 0.05) is 24.1 Å². The number of aromatic amines is 1. The molecule has 0 radical (unpaired) electrons. The molecule has 2 rings (SSSR count). The molecule has 0 aliphatic carbocycles. The molecule has 0 aliphatic heterocycles. The maximum Gasteiger partial charge on any atom is 0.407 e. The third-order valence-corrected chi connectivity index (χ3v) is 2.83. The van der Waals surface area contributed by atoms with Crippen molar-refractivity contribution >= 4 is 28.8 Å². The van der Waals surface area contributed by atoms with E-state index >= 15 is 0 Å². The average molecular weight is 318 g/mol. The van der Waals surface area contributed by atoms with Crippen molar-refractivity contribution in [2.75, 3.05) is 6.54 Å². The van der Waals surface area contributed by atoms with E-state index in [0.29, 0.717) is 16.6 Å². The van der Waals surface area contributed by atoms with Gasteiger partial charge >= 0.3 is 6.09 Å². The first-order valence-electron chi connectivity index (χ1n) is 7.02. The van der Waals surface area contributed by atoms with E-state index < -0.39 is 16.6 Å². The fourth-order valence-corrected chi connectivity index (χ4v) is 1.89. The highest BCUT2D eigenvalue weighted by Crippen LogP contribution is 2.22. The van der Waals surface area contributed by atoms with E-state index in [1.54, 1.807) is 39.0 Å². The van der Waals surface area contributed by atoms with E-state index in [1.807, 2.05) is 0 Å². The van der Waals surface area contributed by atoms with Gasteiger partial charge in [-0.2, -0.15) is 5.10 Å². The predicted octanol–water partition coefficient (Wildman–Crippen LogP) is 3.01. The average Bonchev–Trinajstić information content (AvgIpc) is 2.84. The number of nitro benzene ring substituents is 1. The summed E-state index contributed by atoms with van der Waals surface area (Å²) in [7, 11) is 0. The molecule has 1 amide bonds. The van der Waals surface area contributed by atoms with E-state index in [1.165, 1.54) is 12.1 Å². The smallest absolute Gasteiger partial charge is 0.407 e. The van der Waals surface area contributed by atoms with Crippen molar-refractivity contribution in [3.63, 3.8) is 0 Å². The minimum Gasteiger partial charge on any atom is -0.444 e. The molecule has 1 heterocycles. The van der Waals surface area contributed by atoms with Crippen molar-refractivity contribution < 1.29 is 14.5 Å². The summed E-state index contributed by atoms with van der Waals surface area (Å²) in [5.74, 6) is 0. The molecule has 0 saturated heterocycles. The van der Waals surface area contributed by atoms with Crippen LogP contribution in [-0.2, 0) is 4.74 Å². The van der Waals surface area contributed by atoms with Crippen LogP contribution in [0.5, 0.6) is 0 Å². The molecule has 0 aliphatic rings. The van der Waals surface area contributed by atoms with Gasteiger partial charge in [0.25, 0.3) is 5.69 Å². The standard InChI is InChI=1S/C15H18N4O4/c1-15(2,3)23-14(20)16-8-4-5-12-11-9-10(19(21)22)6-7-13(11)18-17-12/h4-7,9H,8H2,1-3H3,(H,16,20)(H,17,18). The van der Waals surface area contributed by atoms with Crippen molar-refractivity contribution in [3.8, 4) is 0 Å². The maximum absolute atomic E-state index is 11.5. The van der Waals surface area contributed by atoms with Crippen LogP contribution >= 0.6 is 0 Å². The number of non-ortho nitro benzene ring substituents is 1. The Morgan fingerprint density at radius 2 is 2.22 bits per heavy atom. The number of alkyl carbamates (subject to hydrolysis) is 1. The van der Waals surface area contributed by atoms with E-state index in [4.69, 9.17) is 4.74 Å². The van der Waals surface area contributed by atoms with Crippen LogP contribution in [0.2, 0.25) is 0 Å². The Hall–Kier alpha value is -2.90. The molecule has 0 unspecified atom stereocenters. The maximum atomic E-state index is 11.5. The zero-order valence-corrected chi connectivity index (χ0v) is 13.1. The van der Waals surface area contributed by atoms with E-state index in [-0.39, 0.29) is 12.2 Å². The predicted molar refractivity (Wildman–Crippen MR) is 86.0 cm³/mol. The molecule has 122 valence electrons. The zero-order chi connectivity index (χ0) is 17.0. The highest BCUT2D eigenvalue weighted by atomic mass is 16.6. The Balaban J connectivity index is 2.02. The number of aromatic nitrogens is 2. The minimum atomic E-state index is -0.549. The van der Waals surface area contributed by atoms with Crippen molar-refractivity contribution in [3.05, 3.63) is 40.1 Å². The highest BCUT2D eigenvalue weighted by molar-refractivity contribution is 5.88. The lowest BCUT2D eigenvalue weighted by molar-refractivity contribution is -0.384. The number of nitro groups is 1. The Labute approximate surface area is 132 Å². The Morgan fingerprint density at radius 1 is 1.48 bits per heavy atom. The molecule has 8 nitrogen and oxygen atoms in total. The summed E-state index contributed by atoms with van der Waals surface area (Å²) in [6.45, 7) is 5.62. The number of nitrogens with one attached hydrogen (secondary N) is 2. The number of carbonyl (C=O) groups is 1. The number of hydrogen-bond donors (Lipinski definition) is 2. The molecule has 0 atom stereocenters. The second-order valence-corrected chi connectivity index (χ2v) is 5.88. The molecule has 0 bridgehead atoms. The summed E-state index contributed by atoms with van der Waals surface area (Å²) in [6, 6.07) is 4.45. The first-order chi connectivity index (χ1) is 10.8. The Bertz CT molecular complexity index is 758. The SMILES string of the molecule is CC(C)(C)OC(=O)NCC=Cc1[nH]nc2ccc([N+](=O)[O-])cc12. The summed E-state index contributed by atoms with van der Waals surface area (Å²) >= 11 is 0.